The number of rotatable bonds is 7. The summed E-state index contributed by atoms with van der Waals surface area (Å²) in [4.78, 5) is 15.3. The zero-order valence-electron chi connectivity index (χ0n) is 17.4. The maximum atomic E-state index is 12.8. The molecule has 5 heteroatoms. The molecule has 0 aliphatic carbocycles. The Balaban J connectivity index is 1.41. The highest BCUT2D eigenvalue weighted by Crippen LogP contribution is 2.23. The van der Waals surface area contributed by atoms with Gasteiger partial charge in [0.05, 0.1) is 24.3 Å². The smallest absolute Gasteiger partial charge is 0.254 e. The van der Waals surface area contributed by atoms with Crippen LogP contribution in [0.3, 0.4) is 0 Å². The zero-order chi connectivity index (χ0) is 20.6. The molecule has 1 N–H and O–H groups in total. The molecule has 1 unspecified atom stereocenters. The average Bonchev–Trinajstić information content (AvgIpc) is 3.09. The van der Waals surface area contributed by atoms with E-state index in [-0.39, 0.29) is 11.9 Å². The van der Waals surface area contributed by atoms with E-state index in [0.29, 0.717) is 18.7 Å². The molecule has 1 atom stereocenters. The molecule has 156 valence electrons. The number of nitrogens with one attached hydrogen (secondary N) is 1. The topological polar surface area (TPSA) is 50.2 Å². The minimum Gasteiger partial charge on any atom is -0.350 e. The number of likely N-dealkylation sites (tertiary alicyclic amines) is 1. The first-order valence-corrected chi connectivity index (χ1v) is 10.9. The molecule has 0 spiro atoms. The lowest BCUT2D eigenvalue weighted by Crippen LogP contribution is -2.38. The van der Waals surface area contributed by atoms with Crippen molar-refractivity contribution in [3.8, 4) is 0 Å². The lowest BCUT2D eigenvalue weighted by atomic mass is 10.0. The summed E-state index contributed by atoms with van der Waals surface area (Å²) in [5.74, 6) is -0.0648. The molecule has 2 aromatic carbocycles. The quantitative estimate of drug-likeness (QED) is 0.642. The number of amides is 1. The summed E-state index contributed by atoms with van der Waals surface area (Å²) >= 11 is 0. The lowest BCUT2D eigenvalue weighted by molar-refractivity contribution is 0.0933. The molecule has 1 fully saturated rings. The number of aromatic nitrogens is 2. The fraction of sp³-hybridized carbons (Fsp3) is 0.360. The monoisotopic (exact) mass is 402 g/mol. The Kier molecular flexibility index (Phi) is 6.93. The van der Waals surface area contributed by atoms with Crippen LogP contribution in [0, 0.1) is 0 Å². The summed E-state index contributed by atoms with van der Waals surface area (Å²) in [7, 11) is 0. The van der Waals surface area contributed by atoms with Crippen LogP contribution in [-0.2, 0) is 6.54 Å². The van der Waals surface area contributed by atoms with Crippen LogP contribution in [0.2, 0.25) is 0 Å². The Bertz CT molecular complexity index is 915. The number of hydrogen-bond acceptors (Lipinski definition) is 3. The van der Waals surface area contributed by atoms with E-state index in [1.54, 1.807) is 6.20 Å². The van der Waals surface area contributed by atoms with E-state index in [1.807, 2.05) is 35.1 Å². The van der Waals surface area contributed by atoms with Gasteiger partial charge in [-0.3, -0.25) is 14.4 Å². The third-order valence-corrected chi connectivity index (χ3v) is 5.80. The fourth-order valence-electron chi connectivity index (χ4n) is 4.17. The third-order valence-electron chi connectivity index (χ3n) is 5.80. The van der Waals surface area contributed by atoms with E-state index in [0.717, 1.165) is 18.7 Å². The van der Waals surface area contributed by atoms with Gasteiger partial charge in [-0.15, -0.1) is 0 Å². The molecule has 0 saturated carbocycles. The molecule has 1 aromatic heterocycles. The van der Waals surface area contributed by atoms with Gasteiger partial charge in [-0.05, 0) is 37.1 Å². The summed E-state index contributed by atoms with van der Waals surface area (Å²) in [6, 6.07) is 20.9. The maximum Gasteiger partial charge on any atom is 0.254 e. The van der Waals surface area contributed by atoms with E-state index in [4.69, 9.17) is 0 Å². The first-order valence-electron chi connectivity index (χ1n) is 10.9. The molecule has 3 aromatic rings. The van der Waals surface area contributed by atoms with Gasteiger partial charge < -0.3 is 5.32 Å². The first kappa shape index (κ1) is 20.4. The van der Waals surface area contributed by atoms with Gasteiger partial charge in [-0.2, -0.15) is 5.10 Å². The van der Waals surface area contributed by atoms with E-state index >= 15 is 0 Å². The second-order valence-corrected chi connectivity index (χ2v) is 8.00. The SMILES string of the molecule is O=C(NCC(c1ccccc1)N1CCCCCC1)c1cnn(Cc2ccccc2)c1. The Labute approximate surface area is 178 Å². The van der Waals surface area contributed by atoms with E-state index in [9.17, 15) is 4.79 Å². The average molecular weight is 403 g/mol. The molecule has 0 bridgehead atoms. The van der Waals surface area contributed by atoms with Crippen molar-refractivity contribution in [2.24, 2.45) is 0 Å². The van der Waals surface area contributed by atoms with Gasteiger partial charge in [0.25, 0.3) is 5.91 Å². The van der Waals surface area contributed by atoms with Gasteiger partial charge in [-0.25, -0.2) is 0 Å². The van der Waals surface area contributed by atoms with Crippen LogP contribution in [0.15, 0.2) is 73.1 Å². The molecular weight excluding hydrogens is 372 g/mol. The van der Waals surface area contributed by atoms with Crippen molar-refractivity contribution in [2.45, 2.75) is 38.3 Å². The zero-order valence-corrected chi connectivity index (χ0v) is 17.4. The van der Waals surface area contributed by atoms with Gasteiger partial charge in [0.15, 0.2) is 0 Å². The molecule has 4 rings (SSSR count). The van der Waals surface area contributed by atoms with Crippen molar-refractivity contribution >= 4 is 5.91 Å². The fourth-order valence-corrected chi connectivity index (χ4v) is 4.17. The number of benzene rings is 2. The molecule has 2 heterocycles. The highest BCUT2D eigenvalue weighted by molar-refractivity contribution is 5.93. The molecule has 5 nitrogen and oxygen atoms in total. The van der Waals surface area contributed by atoms with Gasteiger partial charge in [0, 0.05) is 12.7 Å². The van der Waals surface area contributed by atoms with Crippen molar-refractivity contribution in [3.05, 3.63) is 89.7 Å². The summed E-state index contributed by atoms with van der Waals surface area (Å²) in [5.41, 5.74) is 3.03. The number of carbonyl (C=O) groups is 1. The predicted octanol–water partition coefficient (Wildman–Crippen LogP) is 4.28. The molecule has 30 heavy (non-hydrogen) atoms. The molecule has 1 saturated heterocycles. The summed E-state index contributed by atoms with van der Waals surface area (Å²) < 4.78 is 1.81. The Hall–Kier alpha value is -2.92. The van der Waals surface area contributed by atoms with Crippen molar-refractivity contribution in [3.63, 3.8) is 0 Å². The summed E-state index contributed by atoms with van der Waals surface area (Å²) in [6.07, 6.45) is 8.52. The van der Waals surface area contributed by atoms with Crippen molar-refractivity contribution in [1.29, 1.82) is 0 Å². The molecule has 1 amide bonds. The van der Waals surface area contributed by atoms with Crippen LogP contribution in [0.1, 0.15) is 53.2 Å². The van der Waals surface area contributed by atoms with E-state index < -0.39 is 0 Å². The van der Waals surface area contributed by atoms with Gasteiger partial charge >= 0.3 is 0 Å². The van der Waals surface area contributed by atoms with E-state index in [2.05, 4.69) is 51.7 Å². The normalized spacial score (nSPS) is 16.0. The summed E-state index contributed by atoms with van der Waals surface area (Å²) in [6.45, 7) is 3.44. The molecule has 1 aliphatic heterocycles. The second-order valence-electron chi connectivity index (χ2n) is 8.00. The van der Waals surface area contributed by atoms with Crippen LogP contribution in [-0.4, -0.2) is 40.2 Å². The highest BCUT2D eigenvalue weighted by Gasteiger charge is 2.22. The Morgan fingerprint density at radius 3 is 2.30 bits per heavy atom. The molecular formula is C25H30N4O. The van der Waals surface area contributed by atoms with E-state index in [1.165, 1.54) is 31.2 Å². The first-order chi connectivity index (χ1) is 14.8. The van der Waals surface area contributed by atoms with Gasteiger partial charge in [-0.1, -0.05) is 73.5 Å². The number of nitrogens with zero attached hydrogens (tertiary/aromatic N) is 3. The molecule has 0 radical (unpaired) electrons. The lowest BCUT2D eigenvalue weighted by Gasteiger charge is -2.31. The summed E-state index contributed by atoms with van der Waals surface area (Å²) in [5, 5.41) is 7.52. The largest absolute Gasteiger partial charge is 0.350 e. The Morgan fingerprint density at radius 2 is 1.60 bits per heavy atom. The minimum absolute atomic E-state index is 0.0648. The number of hydrogen-bond donors (Lipinski definition) is 1. The van der Waals surface area contributed by atoms with Gasteiger partial charge in [0.1, 0.15) is 0 Å². The second kappa shape index (κ2) is 10.2. The van der Waals surface area contributed by atoms with Crippen molar-refractivity contribution in [2.75, 3.05) is 19.6 Å². The van der Waals surface area contributed by atoms with Crippen molar-refractivity contribution < 1.29 is 4.79 Å². The molecule has 1 aliphatic rings. The third kappa shape index (κ3) is 5.36. The predicted molar refractivity (Wildman–Crippen MR) is 119 cm³/mol. The number of carbonyl (C=O) groups excluding carboxylic acids is 1. The van der Waals surface area contributed by atoms with Crippen LogP contribution >= 0.6 is 0 Å². The van der Waals surface area contributed by atoms with Crippen LogP contribution in [0.5, 0.6) is 0 Å². The standard InChI is InChI=1S/C25H30N4O/c30-25(23-17-27-29(20-23)19-21-11-5-3-6-12-21)26-18-24(22-13-7-4-8-14-22)28-15-9-1-2-10-16-28/h3-8,11-14,17,20,24H,1-2,9-10,15-16,18-19H2,(H,26,30). The Morgan fingerprint density at radius 1 is 0.933 bits per heavy atom. The van der Waals surface area contributed by atoms with Crippen LogP contribution < -0.4 is 5.32 Å². The maximum absolute atomic E-state index is 12.8. The minimum atomic E-state index is -0.0648. The van der Waals surface area contributed by atoms with Crippen LogP contribution in [0.4, 0.5) is 0 Å². The highest BCUT2D eigenvalue weighted by atomic mass is 16.1. The van der Waals surface area contributed by atoms with Gasteiger partial charge in [0.2, 0.25) is 0 Å². The van der Waals surface area contributed by atoms with Crippen LogP contribution in [0.25, 0.3) is 0 Å². The van der Waals surface area contributed by atoms with Crippen molar-refractivity contribution in [1.82, 2.24) is 20.0 Å².